The van der Waals surface area contributed by atoms with Crippen molar-refractivity contribution in [2.75, 3.05) is 6.54 Å². The van der Waals surface area contributed by atoms with Crippen LogP contribution in [0.5, 0.6) is 0 Å². The topological polar surface area (TPSA) is 26.0 Å². The molecule has 1 atom stereocenters. The second kappa shape index (κ2) is 3.25. The Morgan fingerprint density at radius 3 is 3.00 bits per heavy atom. The van der Waals surface area contributed by atoms with E-state index in [-0.39, 0.29) is 5.25 Å². The zero-order chi connectivity index (χ0) is 6.69. The lowest BCUT2D eigenvalue weighted by atomic mass is 10.3. The average Bonchev–Trinajstić information content (AvgIpc) is 2.37. The molecule has 9 heavy (non-hydrogen) atoms. The van der Waals surface area contributed by atoms with Gasteiger partial charge in [-0.25, -0.2) is 0 Å². The Balaban J connectivity index is 2.65. The summed E-state index contributed by atoms with van der Waals surface area (Å²) < 4.78 is 0. The van der Waals surface area contributed by atoms with Gasteiger partial charge in [-0.15, -0.1) is 11.3 Å². The van der Waals surface area contributed by atoms with Crippen molar-refractivity contribution >= 4 is 24.0 Å². The molecule has 0 saturated carbocycles. The van der Waals surface area contributed by atoms with Gasteiger partial charge in [0.15, 0.2) is 0 Å². The summed E-state index contributed by atoms with van der Waals surface area (Å²) in [7, 11) is 0. The molecule has 1 heterocycles. The summed E-state index contributed by atoms with van der Waals surface area (Å²) in [6.07, 6.45) is 0. The van der Waals surface area contributed by atoms with Crippen molar-refractivity contribution in [2.45, 2.75) is 5.25 Å². The fourth-order valence-corrected chi connectivity index (χ4v) is 1.59. The monoisotopic (exact) mass is 159 g/mol. The summed E-state index contributed by atoms with van der Waals surface area (Å²) in [4.78, 5) is 1.25. The van der Waals surface area contributed by atoms with Gasteiger partial charge < -0.3 is 5.73 Å². The maximum Gasteiger partial charge on any atom is 0.0483 e. The molecule has 3 heteroatoms. The van der Waals surface area contributed by atoms with Crippen molar-refractivity contribution in [3.63, 3.8) is 0 Å². The third-order valence-corrected chi connectivity index (χ3v) is 2.74. The van der Waals surface area contributed by atoms with Crippen molar-refractivity contribution in [3.8, 4) is 0 Å². The molecule has 1 unspecified atom stereocenters. The molecule has 0 fully saturated rings. The normalized spacial score (nSPS) is 13.6. The third kappa shape index (κ3) is 1.71. The van der Waals surface area contributed by atoms with E-state index in [9.17, 15) is 0 Å². The second-order valence-corrected chi connectivity index (χ2v) is 3.37. The molecule has 0 bridgehead atoms. The van der Waals surface area contributed by atoms with Crippen molar-refractivity contribution in [2.24, 2.45) is 5.73 Å². The Kier molecular flexibility index (Phi) is 2.57. The van der Waals surface area contributed by atoms with E-state index < -0.39 is 0 Å². The van der Waals surface area contributed by atoms with E-state index >= 15 is 0 Å². The van der Waals surface area contributed by atoms with E-state index in [1.54, 1.807) is 11.3 Å². The summed E-state index contributed by atoms with van der Waals surface area (Å²) in [5, 5.41) is 2.26. The molecule has 0 radical (unpaired) electrons. The minimum atomic E-state index is 0.227. The molecule has 2 N–H and O–H groups in total. The molecular weight excluding hydrogens is 150 g/mol. The Labute approximate surface area is 64.3 Å². The Morgan fingerprint density at radius 2 is 2.56 bits per heavy atom. The van der Waals surface area contributed by atoms with Crippen molar-refractivity contribution in [3.05, 3.63) is 22.4 Å². The first-order valence-corrected chi connectivity index (χ1v) is 4.15. The molecule has 50 valence electrons. The van der Waals surface area contributed by atoms with Crippen LogP contribution in [0.4, 0.5) is 0 Å². The molecule has 1 nitrogen and oxygen atoms in total. The molecule has 0 saturated heterocycles. The predicted molar refractivity (Wildman–Crippen MR) is 45.1 cm³/mol. The van der Waals surface area contributed by atoms with Gasteiger partial charge in [-0.05, 0) is 11.4 Å². The second-order valence-electron chi connectivity index (χ2n) is 1.77. The first-order chi connectivity index (χ1) is 4.34. The van der Waals surface area contributed by atoms with E-state index in [1.165, 1.54) is 4.88 Å². The van der Waals surface area contributed by atoms with E-state index in [4.69, 9.17) is 5.73 Å². The molecule has 0 amide bonds. The lowest BCUT2D eigenvalue weighted by Crippen LogP contribution is -2.04. The average molecular weight is 159 g/mol. The smallest absolute Gasteiger partial charge is 0.0483 e. The van der Waals surface area contributed by atoms with Crippen LogP contribution < -0.4 is 5.73 Å². The molecule has 0 aromatic carbocycles. The van der Waals surface area contributed by atoms with Crippen LogP contribution in [0.25, 0.3) is 0 Å². The van der Waals surface area contributed by atoms with E-state index in [2.05, 4.69) is 18.7 Å². The van der Waals surface area contributed by atoms with Crippen LogP contribution >= 0.6 is 24.0 Å². The number of nitrogens with two attached hydrogens (primary N) is 1. The molecule has 0 aliphatic carbocycles. The van der Waals surface area contributed by atoms with Crippen molar-refractivity contribution in [1.82, 2.24) is 0 Å². The Hall–Kier alpha value is 0.01000. The molecule has 1 aromatic rings. The van der Waals surface area contributed by atoms with Gasteiger partial charge in [0.2, 0.25) is 0 Å². The highest BCUT2D eigenvalue weighted by molar-refractivity contribution is 7.80. The zero-order valence-electron chi connectivity index (χ0n) is 4.95. The van der Waals surface area contributed by atoms with E-state index in [0.29, 0.717) is 6.54 Å². The number of thiol groups is 1. The minimum absolute atomic E-state index is 0.227. The van der Waals surface area contributed by atoms with Gasteiger partial charge in [0.1, 0.15) is 0 Å². The zero-order valence-corrected chi connectivity index (χ0v) is 6.66. The number of hydrogen-bond acceptors (Lipinski definition) is 3. The highest BCUT2D eigenvalue weighted by Gasteiger charge is 2.02. The standard InChI is InChI=1S/C6H9NS2/c7-4-5(8)6-2-1-3-9-6/h1-3,5,8H,4,7H2. The number of thiophene rings is 1. The van der Waals surface area contributed by atoms with Crippen LogP contribution in [0.15, 0.2) is 17.5 Å². The van der Waals surface area contributed by atoms with Crippen LogP contribution in [0, 0.1) is 0 Å². The SMILES string of the molecule is NCC(S)c1cccs1. The van der Waals surface area contributed by atoms with Crippen LogP contribution in [0.2, 0.25) is 0 Å². The molecule has 0 aliphatic rings. The molecule has 1 aromatic heterocycles. The van der Waals surface area contributed by atoms with Gasteiger partial charge in [-0.2, -0.15) is 12.6 Å². The van der Waals surface area contributed by atoms with Crippen LogP contribution in [0.3, 0.4) is 0 Å². The fraction of sp³-hybridized carbons (Fsp3) is 0.333. The highest BCUT2D eigenvalue weighted by atomic mass is 32.1. The molecule has 0 aliphatic heterocycles. The highest BCUT2D eigenvalue weighted by Crippen LogP contribution is 2.22. The van der Waals surface area contributed by atoms with Gasteiger partial charge in [-0.3, -0.25) is 0 Å². The lowest BCUT2D eigenvalue weighted by Gasteiger charge is -2.01. The largest absolute Gasteiger partial charge is 0.329 e. The fourth-order valence-electron chi connectivity index (χ4n) is 0.597. The number of rotatable bonds is 2. The van der Waals surface area contributed by atoms with Crippen molar-refractivity contribution in [1.29, 1.82) is 0 Å². The summed E-state index contributed by atoms with van der Waals surface area (Å²) in [5.41, 5.74) is 5.39. The summed E-state index contributed by atoms with van der Waals surface area (Å²) in [6, 6.07) is 4.06. The van der Waals surface area contributed by atoms with Crippen molar-refractivity contribution < 1.29 is 0 Å². The summed E-state index contributed by atoms with van der Waals surface area (Å²) in [6.45, 7) is 0.615. The Bertz CT molecular complexity index is 160. The quantitative estimate of drug-likeness (QED) is 0.631. The summed E-state index contributed by atoms with van der Waals surface area (Å²) in [5.74, 6) is 0. The maximum atomic E-state index is 5.39. The number of hydrogen-bond donors (Lipinski definition) is 2. The maximum absolute atomic E-state index is 5.39. The third-order valence-electron chi connectivity index (χ3n) is 1.09. The van der Waals surface area contributed by atoms with Crippen LogP contribution in [-0.2, 0) is 0 Å². The van der Waals surface area contributed by atoms with E-state index in [1.807, 2.05) is 11.4 Å². The van der Waals surface area contributed by atoms with Crippen LogP contribution in [0.1, 0.15) is 10.1 Å². The van der Waals surface area contributed by atoms with Gasteiger partial charge in [0.05, 0.1) is 0 Å². The first-order valence-electron chi connectivity index (χ1n) is 2.76. The van der Waals surface area contributed by atoms with E-state index in [0.717, 1.165) is 0 Å². The van der Waals surface area contributed by atoms with Gasteiger partial charge in [-0.1, -0.05) is 6.07 Å². The first kappa shape index (κ1) is 7.12. The Morgan fingerprint density at radius 1 is 1.78 bits per heavy atom. The lowest BCUT2D eigenvalue weighted by molar-refractivity contribution is 0.969. The summed E-state index contributed by atoms with van der Waals surface area (Å²) >= 11 is 5.97. The molecule has 1 rings (SSSR count). The van der Waals surface area contributed by atoms with Gasteiger partial charge in [0.25, 0.3) is 0 Å². The minimum Gasteiger partial charge on any atom is -0.329 e. The van der Waals surface area contributed by atoms with Gasteiger partial charge >= 0.3 is 0 Å². The van der Waals surface area contributed by atoms with Gasteiger partial charge in [0, 0.05) is 16.7 Å². The molecular formula is C6H9NS2. The van der Waals surface area contributed by atoms with Crippen LogP contribution in [-0.4, -0.2) is 6.54 Å². The predicted octanol–water partition coefficient (Wildman–Crippen LogP) is 1.68. The molecule has 0 spiro atoms.